The molecule has 0 bridgehead atoms. The Morgan fingerprint density at radius 1 is 1.25 bits per heavy atom. The molecule has 124 valence electrons. The summed E-state index contributed by atoms with van der Waals surface area (Å²) in [6.07, 6.45) is 3.43. The van der Waals surface area contributed by atoms with E-state index in [1.165, 1.54) is 0 Å². The molecule has 0 N–H and O–H groups in total. The summed E-state index contributed by atoms with van der Waals surface area (Å²) >= 11 is 10.2. The smallest absolute Gasteiger partial charge is 0.293 e. The number of carbonyl (C=O) groups is 1. The molecule has 0 unspecified atom stereocenters. The van der Waals surface area contributed by atoms with Gasteiger partial charge < -0.3 is 4.57 Å². The van der Waals surface area contributed by atoms with Crippen LogP contribution >= 0.6 is 47.8 Å². The Labute approximate surface area is 161 Å². The van der Waals surface area contributed by atoms with Gasteiger partial charge in [-0.3, -0.25) is 9.80 Å². The minimum Gasteiger partial charge on any atom is -0.301 e. The molecule has 8 nitrogen and oxygen atoms in total. The van der Waals surface area contributed by atoms with E-state index in [2.05, 4.69) is 62.9 Å². The second-order valence-electron chi connectivity index (χ2n) is 5.20. The first kappa shape index (κ1) is 16.0. The van der Waals surface area contributed by atoms with Crippen LogP contribution in [0.3, 0.4) is 0 Å². The van der Waals surface area contributed by atoms with Gasteiger partial charge in [0, 0.05) is 32.1 Å². The van der Waals surface area contributed by atoms with Crippen LogP contribution in [0.5, 0.6) is 0 Å². The number of fused-ring (bicyclic) bond motifs is 2. The molecule has 24 heavy (non-hydrogen) atoms. The number of imidazole rings is 1. The van der Waals surface area contributed by atoms with Crippen LogP contribution in [0.25, 0.3) is 5.65 Å². The van der Waals surface area contributed by atoms with Crippen LogP contribution in [0.1, 0.15) is 10.5 Å². The number of hydrogen-bond donors (Lipinski definition) is 0. The molecule has 0 atom stereocenters. The molecule has 3 aromatic rings. The van der Waals surface area contributed by atoms with Crippen molar-refractivity contribution in [1.82, 2.24) is 29.2 Å². The highest BCUT2D eigenvalue weighted by atomic mass is 79.9. The summed E-state index contributed by atoms with van der Waals surface area (Å²) < 4.78 is 5.94. The van der Waals surface area contributed by atoms with Crippen LogP contribution in [-0.2, 0) is 6.54 Å². The normalized spacial score (nSPS) is 14.3. The molecule has 0 aromatic carbocycles. The molecule has 11 heteroatoms. The molecule has 0 saturated carbocycles. The van der Waals surface area contributed by atoms with Gasteiger partial charge in [-0.25, -0.2) is 19.5 Å². The van der Waals surface area contributed by atoms with Gasteiger partial charge in [-0.2, -0.15) is 5.10 Å². The predicted molar refractivity (Wildman–Crippen MR) is 97.8 cm³/mol. The van der Waals surface area contributed by atoms with Gasteiger partial charge in [0.25, 0.3) is 5.91 Å². The van der Waals surface area contributed by atoms with E-state index in [1.54, 1.807) is 40.0 Å². The van der Waals surface area contributed by atoms with Gasteiger partial charge in [0.05, 0.1) is 11.0 Å². The van der Waals surface area contributed by atoms with Crippen molar-refractivity contribution in [1.29, 1.82) is 0 Å². The van der Waals surface area contributed by atoms with Gasteiger partial charge in [0.2, 0.25) is 5.95 Å². The number of rotatable bonds is 1. The second kappa shape index (κ2) is 5.81. The van der Waals surface area contributed by atoms with E-state index in [1.807, 2.05) is 4.57 Å². The Morgan fingerprint density at radius 2 is 2.04 bits per heavy atom. The van der Waals surface area contributed by atoms with Gasteiger partial charge in [0.1, 0.15) is 9.21 Å². The first-order valence-corrected chi connectivity index (χ1v) is 9.31. The Morgan fingerprint density at radius 3 is 2.83 bits per heavy atom. The fraction of sp³-hybridized carbons (Fsp3) is 0.231. The van der Waals surface area contributed by atoms with Crippen molar-refractivity contribution in [3.8, 4) is 0 Å². The zero-order valence-electron chi connectivity index (χ0n) is 12.3. The van der Waals surface area contributed by atoms with Crippen molar-refractivity contribution in [3.05, 3.63) is 37.8 Å². The lowest BCUT2D eigenvalue weighted by Gasteiger charge is -2.36. The average molecular weight is 520 g/mol. The average Bonchev–Trinajstić information content (AvgIpc) is 3.10. The number of aromatic nitrogens is 5. The van der Waals surface area contributed by atoms with Crippen molar-refractivity contribution < 1.29 is 4.79 Å². The highest BCUT2D eigenvalue weighted by Gasteiger charge is 2.31. The molecule has 3 aromatic heterocycles. The molecule has 0 fully saturated rings. The highest BCUT2D eigenvalue weighted by molar-refractivity contribution is 9.13. The number of anilines is 1. The Hall–Kier alpha value is -1.46. The molecule has 0 aliphatic carbocycles. The monoisotopic (exact) mass is 517 g/mol. The number of amides is 1. The van der Waals surface area contributed by atoms with Crippen molar-refractivity contribution in [2.75, 3.05) is 18.6 Å². The predicted octanol–water partition coefficient (Wildman–Crippen LogP) is 2.72. The van der Waals surface area contributed by atoms with Gasteiger partial charge in [-0.15, -0.1) is 0 Å². The summed E-state index contributed by atoms with van der Waals surface area (Å²) in [5.74, 6) is 0.485. The van der Waals surface area contributed by atoms with Crippen molar-refractivity contribution in [3.63, 3.8) is 0 Å². The molecule has 0 spiro atoms. The largest absolute Gasteiger partial charge is 0.301 e. The first-order chi connectivity index (χ1) is 11.5. The number of carbonyl (C=O) groups excluding carboxylic acids is 1. The standard InChI is InChI=1S/C13H10Br3N7O/c1-20-13-18-10(15)11(16)21(13)2-3-23(20)12(24)8-4-9-17-5-7(14)6-22(9)19-8/h4-6H,2-3H2,1H3. The molecule has 1 aliphatic rings. The quantitative estimate of drug-likeness (QED) is 0.494. The lowest BCUT2D eigenvalue weighted by molar-refractivity contribution is 0.0710. The summed E-state index contributed by atoms with van der Waals surface area (Å²) in [4.78, 5) is 21.5. The Bertz CT molecular complexity index is 966. The fourth-order valence-corrected chi connectivity index (χ4v) is 3.71. The number of nitrogens with zero attached hydrogens (tertiary/aromatic N) is 7. The minimum absolute atomic E-state index is 0.194. The van der Waals surface area contributed by atoms with E-state index in [4.69, 9.17) is 0 Å². The van der Waals surface area contributed by atoms with E-state index in [0.717, 1.165) is 9.08 Å². The fourth-order valence-electron chi connectivity index (χ4n) is 2.62. The summed E-state index contributed by atoms with van der Waals surface area (Å²) in [5, 5.41) is 7.68. The maximum absolute atomic E-state index is 12.9. The minimum atomic E-state index is -0.194. The summed E-state index contributed by atoms with van der Waals surface area (Å²) in [6, 6.07) is 1.68. The van der Waals surface area contributed by atoms with E-state index >= 15 is 0 Å². The van der Waals surface area contributed by atoms with E-state index < -0.39 is 0 Å². The Kier molecular flexibility index (Phi) is 3.88. The zero-order valence-corrected chi connectivity index (χ0v) is 17.1. The van der Waals surface area contributed by atoms with Crippen LogP contribution < -0.4 is 5.01 Å². The van der Waals surface area contributed by atoms with Crippen LogP contribution in [-0.4, -0.2) is 48.7 Å². The summed E-state index contributed by atoms with van der Waals surface area (Å²) in [6.45, 7) is 1.16. The molecule has 1 amide bonds. The van der Waals surface area contributed by atoms with E-state index in [-0.39, 0.29) is 5.91 Å². The van der Waals surface area contributed by atoms with Gasteiger partial charge in [-0.1, -0.05) is 0 Å². The summed E-state index contributed by atoms with van der Waals surface area (Å²) in [5.41, 5.74) is 0.957. The van der Waals surface area contributed by atoms with Crippen molar-refractivity contribution in [2.24, 2.45) is 0 Å². The summed E-state index contributed by atoms with van der Waals surface area (Å²) in [7, 11) is 1.80. The molecule has 0 radical (unpaired) electrons. The maximum Gasteiger partial charge on any atom is 0.293 e. The maximum atomic E-state index is 12.9. The number of halogens is 3. The van der Waals surface area contributed by atoms with Crippen molar-refractivity contribution >= 4 is 65.3 Å². The molecule has 4 heterocycles. The van der Waals surface area contributed by atoms with Crippen LogP contribution in [0.4, 0.5) is 5.95 Å². The molecule has 0 saturated heterocycles. The lowest BCUT2D eigenvalue weighted by atomic mass is 10.3. The van der Waals surface area contributed by atoms with E-state index in [9.17, 15) is 4.79 Å². The molecule has 1 aliphatic heterocycles. The second-order valence-corrected chi connectivity index (χ2v) is 7.62. The van der Waals surface area contributed by atoms with Gasteiger partial charge in [-0.05, 0) is 47.8 Å². The third-order valence-corrected chi connectivity index (χ3v) is 6.07. The highest BCUT2D eigenvalue weighted by Crippen LogP contribution is 2.31. The SMILES string of the molecule is CN1c2nc(Br)c(Br)n2CCN1C(=O)c1cc2ncc(Br)cn2n1. The van der Waals surface area contributed by atoms with Crippen LogP contribution in [0.15, 0.2) is 32.1 Å². The molecule has 4 rings (SSSR count). The van der Waals surface area contributed by atoms with Crippen molar-refractivity contribution in [2.45, 2.75) is 6.54 Å². The lowest BCUT2D eigenvalue weighted by Crippen LogP contribution is -2.50. The van der Waals surface area contributed by atoms with Gasteiger partial charge in [0.15, 0.2) is 11.3 Å². The first-order valence-electron chi connectivity index (χ1n) is 6.93. The Balaban J connectivity index is 1.68. The number of hydrazine groups is 1. The van der Waals surface area contributed by atoms with Gasteiger partial charge >= 0.3 is 0 Å². The topological polar surface area (TPSA) is 71.6 Å². The molecular formula is C13H10Br3N7O. The third-order valence-electron chi connectivity index (χ3n) is 3.77. The van der Waals surface area contributed by atoms with E-state index in [0.29, 0.717) is 35.0 Å². The molecular weight excluding hydrogens is 510 g/mol. The van der Waals surface area contributed by atoms with Crippen LogP contribution in [0.2, 0.25) is 0 Å². The third kappa shape index (κ3) is 2.45. The van der Waals surface area contributed by atoms with Crippen LogP contribution in [0, 0.1) is 0 Å². The number of hydrogen-bond acceptors (Lipinski definition) is 5. The zero-order chi connectivity index (χ0) is 17.0.